The summed E-state index contributed by atoms with van der Waals surface area (Å²) in [5.41, 5.74) is 0.810. The van der Waals surface area contributed by atoms with Gasteiger partial charge in [-0.3, -0.25) is 0 Å². The lowest BCUT2D eigenvalue weighted by Crippen LogP contribution is -2.05. The fourth-order valence-corrected chi connectivity index (χ4v) is 0.706. The predicted molar refractivity (Wildman–Crippen MR) is 34.3 cm³/mol. The van der Waals surface area contributed by atoms with Crippen LogP contribution in [-0.2, 0) is 0 Å². The van der Waals surface area contributed by atoms with Crippen LogP contribution in [0.2, 0.25) is 0 Å². The van der Waals surface area contributed by atoms with Crippen LogP contribution in [-0.4, -0.2) is 11.0 Å². The average Bonchev–Trinajstić information content (AvgIpc) is 2.59. The van der Waals surface area contributed by atoms with Crippen molar-refractivity contribution in [3.63, 3.8) is 0 Å². The second-order valence-electron chi connectivity index (χ2n) is 1.79. The Morgan fingerprint density at radius 2 is 2.30 bits per heavy atom. The fourth-order valence-electron chi connectivity index (χ4n) is 0.706. The van der Waals surface area contributed by atoms with Gasteiger partial charge in [-0.1, -0.05) is 5.16 Å². The van der Waals surface area contributed by atoms with E-state index < -0.39 is 0 Å². The zero-order valence-electron chi connectivity index (χ0n) is 5.06. The monoisotopic (exact) mass is 134 g/mol. The highest BCUT2D eigenvalue weighted by atomic mass is 16.5. The van der Waals surface area contributed by atoms with E-state index in [4.69, 9.17) is 0 Å². The van der Waals surface area contributed by atoms with Crippen LogP contribution in [0.1, 0.15) is 5.56 Å². The number of aromatic nitrogens is 1. The summed E-state index contributed by atoms with van der Waals surface area (Å²) in [7, 11) is 0. The maximum atomic E-state index is 4.61. The summed E-state index contributed by atoms with van der Waals surface area (Å²) in [6, 6.07) is 0. The van der Waals surface area contributed by atoms with Gasteiger partial charge in [0.05, 0.1) is 11.8 Å². The van der Waals surface area contributed by atoms with Crippen molar-refractivity contribution < 1.29 is 4.52 Å². The molecule has 49 valence electrons. The molecule has 0 N–H and O–H groups in total. The highest BCUT2D eigenvalue weighted by Gasteiger charge is 2.06. The van der Waals surface area contributed by atoms with E-state index in [-0.39, 0.29) is 0 Å². The average molecular weight is 134 g/mol. The van der Waals surface area contributed by atoms with Crippen molar-refractivity contribution in [1.29, 1.82) is 0 Å². The quantitative estimate of drug-likeness (QED) is 0.561. The van der Waals surface area contributed by atoms with Gasteiger partial charge >= 0.3 is 0 Å². The zero-order chi connectivity index (χ0) is 6.81. The van der Waals surface area contributed by atoms with Gasteiger partial charge in [0, 0.05) is 12.4 Å². The van der Waals surface area contributed by atoms with Gasteiger partial charge in [0.1, 0.15) is 6.26 Å². The summed E-state index contributed by atoms with van der Waals surface area (Å²) >= 11 is 0. The molecule has 0 saturated carbocycles. The molecule has 0 atom stereocenters. The second kappa shape index (κ2) is 1.98. The van der Waals surface area contributed by atoms with Crippen LogP contribution in [0.5, 0.6) is 0 Å². The van der Waals surface area contributed by atoms with Gasteiger partial charge in [-0.05, 0) is 0 Å². The number of amidine groups is 1. The third kappa shape index (κ3) is 0.699. The van der Waals surface area contributed by atoms with Gasteiger partial charge in [0.2, 0.25) is 0 Å². The third-order valence-corrected chi connectivity index (χ3v) is 1.15. The van der Waals surface area contributed by atoms with Crippen LogP contribution < -0.4 is 5.32 Å². The van der Waals surface area contributed by atoms with Crippen LogP contribution in [0, 0.1) is 0 Å². The molecule has 1 aromatic rings. The number of aliphatic imine (C=N–C) groups is 1. The highest BCUT2D eigenvalue weighted by Crippen LogP contribution is 2.02. The molecule has 10 heavy (non-hydrogen) atoms. The summed E-state index contributed by atoms with van der Waals surface area (Å²) in [5.74, 6) is 0.654. The van der Waals surface area contributed by atoms with Crippen LogP contribution in [0.15, 0.2) is 34.4 Å². The van der Waals surface area contributed by atoms with E-state index in [1.54, 1.807) is 18.6 Å². The van der Waals surface area contributed by atoms with Crippen molar-refractivity contribution in [3.8, 4) is 0 Å². The normalized spacial score (nSPS) is 15.0. The molecule has 0 bridgehead atoms. The first-order chi connectivity index (χ1) is 4.97. The van der Waals surface area contributed by atoms with Crippen molar-refractivity contribution in [3.05, 3.63) is 30.4 Å². The van der Waals surface area contributed by atoms with Gasteiger partial charge in [-0.25, -0.2) is 10.3 Å². The lowest BCUT2D eigenvalue weighted by molar-refractivity contribution is 0.419. The summed E-state index contributed by atoms with van der Waals surface area (Å²) in [4.78, 5) is 3.95. The molecule has 4 nitrogen and oxygen atoms in total. The van der Waals surface area contributed by atoms with Crippen LogP contribution in [0.3, 0.4) is 0 Å². The molecule has 0 aliphatic carbocycles. The van der Waals surface area contributed by atoms with Crippen molar-refractivity contribution >= 4 is 5.84 Å². The molecule has 2 rings (SSSR count). The highest BCUT2D eigenvalue weighted by molar-refractivity contribution is 5.99. The lowest BCUT2D eigenvalue weighted by Gasteiger charge is -1.88. The fraction of sp³-hybridized carbons (Fsp3) is 0. The molecule has 4 heteroatoms. The molecule has 0 aromatic carbocycles. The molecular formula is C6H4N3O. The molecule has 0 amide bonds. The lowest BCUT2D eigenvalue weighted by atomic mass is 10.3. The van der Waals surface area contributed by atoms with Crippen molar-refractivity contribution in [2.24, 2.45) is 4.99 Å². The predicted octanol–water partition coefficient (Wildman–Crippen LogP) is 0.510. The Hall–Kier alpha value is -1.58. The first-order valence-corrected chi connectivity index (χ1v) is 2.80. The van der Waals surface area contributed by atoms with Crippen molar-refractivity contribution in [2.75, 3.05) is 0 Å². The van der Waals surface area contributed by atoms with E-state index in [2.05, 4.69) is 20.0 Å². The number of hydrogen-bond donors (Lipinski definition) is 0. The van der Waals surface area contributed by atoms with Crippen LogP contribution in [0.4, 0.5) is 0 Å². The minimum absolute atomic E-state index is 0.654. The molecule has 0 spiro atoms. The zero-order valence-corrected chi connectivity index (χ0v) is 5.06. The minimum Gasteiger partial charge on any atom is -0.364 e. The maximum absolute atomic E-state index is 4.61. The Kier molecular flexibility index (Phi) is 1.04. The Balaban J connectivity index is 2.30. The third-order valence-electron chi connectivity index (χ3n) is 1.15. The van der Waals surface area contributed by atoms with E-state index in [1.807, 2.05) is 0 Å². The van der Waals surface area contributed by atoms with Crippen LogP contribution in [0.25, 0.3) is 0 Å². The first kappa shape index (κ1) is 5.22. The second-order valence-corrected chi connectivity index (χ2v) is 1.79. The van der Waals surface area contributed by atoms with Gasteiger partial charge in [-0.15, -0.1) is 0 Å². The molecular weight excluding hydrogens is 130 g/mol. The molecule has 0 unspecified atom stereocenters. The van der Waals surface area contributed by atoms with Gasteiger partial charge in [-0.2, -0.15) is 0 Å². The number of nitrogens with zero attached hydrogens (tertiary/aromatic N) is 3. The molecule has 1 radical (unpaired) electrons. The largest absolute Gasteiger partial charge is 0.364 e. The smallest absolute Gasteiger partial charge is 0.164 e. The summed E-state index contributed by atoms with van der Waals surface area (Å²) < 4.78 is 4.61. The van der Waals surface area contributed by atoms with E-state index in [0.29, 0.717) is 5.84 Å². The Bertz CT molecular complexity index is 273. The molecule has 0 saturated heterocycles. The number of rotatable bonds is 1. The van der Waals surface area contributed by atoms with E-state index >= 15 is 0 Å². The summed E-state index contributed by atoms with van der Waals surface area (Å²) in [5, 5.41) is 7.47. The summed E-state index contributed by atoms with van der Waals surface area (Å²) in [6.07, 6.45) is 6.34. The van der Waals surface area contributed by atoms with Gasteiger partial charge in [0.25, 0.3) is 0 Å². The van der Waals surface area contributed by atoms with Crippen molar-refractivity contribution in [2.45, 2.75) is 0 Å². The van der Waals surface area contributed by atoms with Gasteiger partial charge < -0.3 is 4.52 Å². The molecule has 1 aliphatic heterocycles. The van der Waals surface area contributed by atoms with Crippen molar-refractivity contribution in [1.82, 2.24) is 10.5 Å². The molecule has 1 aromatic heterocycles. The minimum atomic E-state index is 0.654. The summed E-state index contributed by atoms with van der Waals surface area (Å²) in [6.45, 7) is 0. The Morgan fingerprint density at radius 1 is 1.30 bits per heavy atom. The standard InChI is InChI=1S/C6H4N3O/c1-2-8-6(7-1)5-3-9-10-4-5/h1-4H. The number of hydrogen-bond acceptors (Lipinski definition) is 3. The van der Waals surface area contributed by atoms with E-state index in [0.717, 1.165) is 5.56 Å². The molecule has 2 heterocycles. The molecule has 0 fully saturated rings. The Morgan fingerprint density at radius 3 is 2.90 bits per heavy atom. The SMILES string of the molecule is C1=CN=C(c2cnoc2)[N]1. The topological polar surface area (TPSA) is 52.5 Å². The first-order valence-electron chi connectivity index (χ1n) is 2.80. The van der Waals surface area contributed by atoms with Gasteiger partial charge in [0.15, 0.2) is 5.84 Å². The molecule has 1 aliphatic rings. The van der Waals surface area contributed by atoms with Crippen LogP contribution >= 0.6 is 0 Å². The van der Waals surface area contributed by atoms with E-state index in [9.17, 15) is 0 Å². The van der Waals surface area contributed by atoms with E-state index in [1.165, 1.54) is 6.26 Å². The maximum Gasteiger partial charge on any atom is 0.164 e. The Labute approximate surface area is 57.2 Å².